The lowest BCUT2D eigenvalue weighted by Crippen LogP contribution is -2.21. The molecular weight excluding hydrogens is 400 g/mol. The topological polar surface area (TPSA) is 24.8 Å². The molecule has 0 fully saturated rings. The highest BCUT2D eigenvalue weighted by atomic mass is 79.9. The molecule has 2 aromatic rings. The van der Waals surface area contributed by atoms with Gasteiger partial charge in [0.25, 0.3) is 0 Å². The number of rotatable bonds is 7. The molecule has 0 aliphatic heterocycles. The number of hydrogen-bond donors (Lipinski definition) is 0. The third-order valence-electron chi connectivity index (χ3n) is 3.83. The van der Waals surface area contributed by atoms with E-state index in [1.165, 1.54) is 0 Å². The highest BCUT2D eigenvalue weighted by molar-refractivity contribution is 9.10. The molecule has 0 unspecified atom stereocenters. The molecule has 2 aromatic carbocycles. The van der Waals surface area contributed by atoms with Gasteiger partial charge in [-0.1, -0.05) is 34.5 Å². The third-order valence-corrected chi connectivity index (χ3v) is 4.51. The van der Waals surface area contributed by atoms with Crippen LogP contribution in [0.15, 0.2) is 39.8 Å². The SMILES string of the molecule is CCCN(/C=N/c1cc(C)c(Oc2cc(Cl)cc(Br)c2)cc1C)CC. The minimum Gasteiger partial charge on any atom is -0.457 e. The molecule has 0 atom stereocenters. The zero-order valence-corrected chi connectivity index (χ0v) is 17.5. The van der Waals surface area contributed by atoms with Crippen LogP contribution >= 0.6 is 27.5 Å². The summed E-state index contributed by atoms with van der Waals surface area (Å²) in [5, 5.41) is 0.635. The molecule has 0 N–H and O–H groups in total. The zero-order chi connectivity index (χ0) is 18.4. The summed E-state index contributed by atoms with van der Waals surface area (Å²) in [7, 11) is 0. The second-order valence-electron chi connectivity index (χ2n) is 5.98. The van der Waals surface area contributed by atoms with E-state index in [0.29, 0.717) is 10.8 Å². The van der Waals surface area contributed by atoms with Gasteiger partial charge in [-0.2, -0.15) is 0 Å². The van der Waals surface area contributed by atoms with E-state index >= 15 is 0 Å². The second kappa shape index (κ2) is 9.25. The first kappa shape index (κ1) is 19.8. The zero-order valence-electron chi connectivity index (χ0n) is 15.1. The van der Waals surface area contributed by atoms with Gasteiger partial charge in [0.15, 0.2) is 0 Å². The Kier molecular flexibility index (Phi) is 7.33. The van der Waals surface area contributed by atoms with Crippen molar-refractivity contribution in [3.63, 3.8) is 0 Å². The Hall–Kier alpha value is -1.52. The summed E-state index contributed by atoms with van der Waals surface area (Å²) in [4.78, 5) is 6.86. The molecule has 0 amide bonds. The lowest BCUT2D eigenvalue weighted by Gasteiger charge is -2.16. The predicted octanol–water partition coefficient (Wildman–Crippen LogP) is 6.90. The fraction of sp³-hybridized carbons (Fsp3) is 0.350. The van der Waals surface area contributed by atoms with Gasteiger partial charge in [0, 0.05) is 22.6 Å². The maximum Gasteiger partial charge on any atom is 0.130 e. The third kappa shape index (κ3) is 5.75. The monoisotopic (exact) mass is 422 g/mol. The average Bonchev–Trinajstić information content (AvgIpc) is 2.54. The molecule has 0 spiro atoms. The number of ether oxygens (including phenoxy) is 1. The fourth-order valence-corrected chi connectivity index (χ4v) is 3.30. The van der Waals surface area contributed by atoms with E-state index in [4.69, 9.17) is 16.3 Å². The van der Waals surface area contributed by atoms with E-state index in [1.807, 2.05) is 38.4 Å². The van der Waals surface area contributed by atoms with Gasteiger partial charge in [0.05, 0.1) is 12.0 Å². The number of benzene rings is 2. The van der Waals surface area contributed by atoms with Crippen LogP contribution in [-0.2, 0) is 0 Å². The Morgan fingerprint density at radius 1 is 1.12 bits per heavy atom. The predicted molar refractivity (Wildman–Crippen MR) is 111 cm³/mol. The van der Waals surface area contributed by atoms with E-state index in [0.717, 1.165) is 46.5 Å². The van der Waals surface area contributed by atoms with Gasteiger partial charge >= 0.3 is 0 Å². The Labute approximate surface area is 163 Å². The summed E-state index contributed by atoms with van der Waals surface area (Å²) in [6, 6.07) is 9.61. The van der Waals surface area contributed by atoms with Crippen LogP contribution in [0.4, 0.5) is 5.69 Å². The lowest BCUT2D eigenvalue weighted by molar-refractivity contribution is 0.452. The van der Waals surface area contributed by atoms with E-state index in [9.17, 15) is 0 Å². The molecule has 0 radical (unpaired) electrons. The lowest BCUT2D eigenvalue weighted by atomic mass is 10.1. The minimum absolute atomic E-state index is 0.635. The van der Waals surface area contributed by atoms with Crippen molar-refractivity contribution in [1.82, 2.24) is 4.90 Å². The molecule has 2 rings (SSSR count). The first-order valence-corrected chi connectivity index (χ1v) is 9.63. The van der Waals surface area contributed by atoms with E-state index in [-0.39, 0.29) is 0 Å². The fourth-order valence-electron chi connectivity index (χ4n) is 2.47. The Balaban J connectivity index is 2.23. The van der Waals surface area contributed by atoms with Crippen LogP contribution in [0.1, 0.15) is 31.4 Å². The molecule has 25 heavy (non-hydrogen) atoms. The van der Waals surface area contributed by atoms with Crippen molar-refractivity contribution in [1.29, 1.82) is 0 Å². The second-order valence-corrected chi connectivity index (χ2v) is 7.34. The van der Waals surface area contributed by atoms with Gasteiger partial charge in [-0.05, 0) is 68.7 Å². The normalized spacial score (nSPS) is 11.1. The maximum absolute atomic E-state index is 6.09. The molecule has 0 bridgehead atoms. The summed E-state index contributed by atoms with van der Waals surface area (Å²) < 4.78 is 6.91. The first-order valence-electron chi connectivity index (χ1n) is 8.46. The Morgan fingerprint density at radius 3 is 2.52 bits per heavy atom. The van der Waals surface area contributed by atoms with Crippen LogP contribution in [0, 0.1) is 13.8 Å². The Bertz CT molecular complexity index is 741. The van der Waals surface area contributed by atoms with Gasteiger partial charge in [-0.3, -0.25) is 0 Å². The summed E-state index contributed by atoms with van der Waals surface area (Å²) in [5.41, 5.74) is 3.07. The summed E-state index contributed by atoms with van der Waals surface area (Å²) >= 11 is 9.53. The average molecular weight is 424 g/mol. The van der Waals surface area contributed by atoms with Gasteiger partial charge in [0.2, 0.25) is 0 Å². The van der Waals surface area contributed by atoms with Crippen LogP contribution in [0.25, 0.3) is 0 Å². The highest BCUT2D eigenvalue weighted by Crippen LogP contribution is 2.33. The van der Waals surface area contributed by atoms with Crippen LogP contribution in [0.2, 0.25) is 5.02 Å². The highest BCUT2D eigenvalue weighted by Gasteiger charge is 2.08. The van der Waals surface area contributed by atoms with Crippen molar-refractivity contribution in [2.75, 3.05) is 13.1 Å². The van der Waals surface area contributed by atoms with Gasteiger partial charge in [-0.25, -0.2) is 4.99 Å². The number of hydrogen-bond acceptors (Lipinski definition) is 2. The quantitative estimate of drug-likeness (QED) is 0.357. The smallest absolute Gasteiger partial charge is 0.130 e. The van der Waals surface area contributed by atoms with Crippen molar-refractivity contribution in [3.05, 3.63) is 51.0 Å². The minimum atomic E-state index is 0.635. The number of nitrogens with zero attached hydrogens (tertiary/aromatic N) is 2. The maximum atomic E-state index is 6.09. The van der Waals surface area contributed by atoms with Crippen molar-refractivity contribution in [3.8, 4) is 11.5 Å². The molecule has 3 nitrogen and oxygen atoms in total. The molecule has 5 heteroatoms. The van der Waals surface area contributed by atoms with E-state index < -0.39 is 0 Å². The van der Waals surface area contributed by atoms with Gasteiger partial charge in [0.1, 0.15) is 11.5 Å². The summed E-state index contributed by atoms with van der Waals surface area (Å²) in [6.45, 7) is 10.4. The van der Waals surface area contributed by atoms with Crippen LogP contribution in [0.5, 0.6) is 11.5 Å². The van der Waals surface area contributed by atoms with Crippen molar-refractivity contribution in [2.45, 2.75) is 34.1 Å². The van der Waals surface area contributed by atoms with E-state index in [1.54, 1.807) is 6.07 Å². The molecule has 0 aliphatic carbocycles. The van der Waals surface area contributed by atoms with Gasteiger partial charge in [-0.15, -0.1) is 0 Å². The van der Waals surface area contributed by atoms with Crippen molar-refractivity contribution >= 4 is 39.6 Å². The summed E-state index contributed by atoms with van der Waals surface area (Å²) in [6.07, 6.45) is 3.04. The first-order chi connectivity index (χ1) is 11.9. The van der Waals surface area contributed by atoms with Crippen LogP contribution in [0.3, 0.4) is 0 Å². The molecule has 0 aliphatic rings. The summed E-state index contributed by atoms with van der Waals surface area (Å²) in [5.74, 6) is 1.52. The number of aryl methyl sites for hydroxylation is 2. The van der Waals surface area contributed by atoms with Crippen molar-refractivity contribution < 1.29 is 4.74 Å². The van der Waals surface area contributed by atoms with E-state index in [2.05, 4.69) is 45.7 Å². The van der Waals surface area contributed by atoms with Crippen LogP contribution < -0.4 is 4.74 Å². The largest absolute Gasteiger partial charge is 0.457 e. The van der Waals surface area contributed by atoms with Gasteiger partial charge < -0.3 is 9.64 Å². The standard InChI is InChI=1S/C20H24BrClN2O/c1-5-7-24(6-2)13-23-19-8-15(4)20(9-14(19)3)25-18-11-16(21)10-17(22)12-18/h8-13H,5-7H2,1-4H3/b23-13+. The van der Waals surface area contributed by atoms with Crippen molar-refractivity contribution in [2.24, 2.45) is 4.99 Å². The molecule has 0 aromatic heterocycles. The molecule has 134 valence electrons. The molecule has 0 saturated carbocycles. The number of aliphatic imine (C=N–C) groups is 1. The van der Waals surface area contributed by atoms with Crippen LogP contribution in [-0.4, -0.2) is 24.3 Å². The molecule has 0 heterocycles. The molecular formula is C20H24BrClN2O. The molecule has 0 saturated heterocycles. The number of halogens is 2. The Morgan fingerprint density at radius 2 is 1.88 bits per heavy atom.